The highest BCUT2D eigenvalue weighted by Gasteiger charge is 2.23. The molecule has 2 heterocycles. The van der Waals surface area contributed by atoms with Crippen molar-refractivity contribution in [3.8, 4) is 11.5 Å². The maximum atomic E-state index is 12.3. The van der Waals surface area contributed by atoms with Crippen LogP contribution in [0.5, 0.6) is 11.5 Å². The molecule has 1 aromatic heterocycles. The maximum Gasteiger partial charge on any atom is 0.306 e. The molecule has 0 radical (unpaired) electrons. The number of ketones is 1. The summed E-state index contributed by atoms with van der Waals surface area (Å²) in [6, 6.07) is 3.81. The molecule has 2 aromatic rings. The van der Waals surface area contributed by atoms with Crippen LogP contribution in [-0.4, -0.2) is 32.1 Å². The fraction of sp³-hybridized carbons (Fsp3) is 0.412. The Labute approximate surface area is 138 Å². The van der Waals surface area contributed by atoms with E-state index in [1.165, 1.54) is 11.3 Å². The number of thiophene rings is 1. The van der Waals surface area contributed by atoms with Crippen molar-refractivity contribution < 1.29 is 23.8 Å². The minimum Gasteiger partial charge on any atom is -0.493 e. The van der Waals surface area contributed by atoms with Gasteiger partial charge in [0.05, 0.1) is 31.6 Å². The molecule has 0 N–H and O–H groups in total. The Balaban J connectivity index is 1.86. The number of carbonyl (C=O) groups excluding carboxylic acids is 2. The molecule has 0 bridgehead atoms. The molecule has 1 aliphatic heterocycles. The summed E-state index contributed by atoms with van der Waals surface area (Å²) in [5, 5.41) is 1.04. The standard InChI is InChI=1S/C17H18O5S/c1-3-21-16(19)5-4-12(18)15-8-11-10-6-7-22-17(10)13(20-2)9-14(11)23-15/h8-9H,3-7H2,1-2H3. The van der Waals surface area contributed by atoms with E-state index in [2.05, 4.69) is 0 Å². The Morgan fingerprint density at radius 3 is 2.87 bits per heavy atom. The molecular weight excluding hydrogens is 316 g/mol. The van der Waals surface area contributed by atoms with Gasteiger partial charge in [-0.25, -0.2) is 0 Å². The average molecular weight is 334 g/mol. The third-order valence-corrected chi connectivity index (χ3v) is 4.92. The molecule has 1 aromatic carbocycles. The van der Waals surface area contributed by atoms with E-state index in [1.807, 2.05) is 12.1 Å². The molecular formula is C17H18O5S. The summed E-state index contributed by atoms with van der Waals surface area (Å²) in [6.45, 7) is 2.72. The number of benzene rings is 1. The summed E-state index contributed by atoms with van der Waals surface area (Å²) in [4.78, 5) is 24.4. The van der Waals surface area contributed by atoms with Crippen LogP contribution in [0, 0.1) is 0 Å². The van der Waals surface area contributed by atoms with Crippen molar-refractivity contribution in [2.45, 2.75) is 26.2 Å². The zero-order valence-electron chi connectivity index (χ0n) is 13.1. The van der Waals surface area contributed by atoms with Gasteiger partial charge in [-0.2, -0.15) is 0 Å². The average Bonchev–Trinajstić information content (AvgIpc) is 3.17. The van der Waals surface area contributed by atoms with Crippen LogP contribution < -0.4 is 9.47 Å². The van der Waals surface area contributed by atoms with Crippen LogP contribution in [0.25, 0.3) is 10.1 Å². The molecule has 0 amide bonds. The molecule has 0 atom stereocenters. The van der Waals surface area contributed by atoms with Crippen LogP contribution in [0.3, 0.4) is 0 Å². The van der Waals surface area contributed by atoms with Crippen molar-refractivity contribution >= 4 is 33.2 Å². The molecule has 122 valence electrons. The van der Waals surface area contributed by atoms with Crippen LogP contribution in [0.15, 0.2) is 12.1 Å². The number of Topliss-reactive ketones (excluding diaryl/α,β-unsaturated/α-hetero) is 1. The van der Waals surface area contributed by atoms with Crippen molar-refractivity contribution in [1.82, 2.24) is 0 Å². The van der Waals surface area contributed by atoms with Crippen molar-refractivity contribution in [3.05, 3.63) is 22.6 Å². The highest BCUT2D eigenvalue weighted by Crippen LogP contribution is 2.43. The first-order valence-electron chi connectivity index (χ1n) is 7.59. The minimum absolute atomic E-state index is 0.0362. The van der Waals surface area contributed by atoms with Crippen LogP contribution >= 0.6 is 11.3 Å². The van der Waals surface area contributed by atoms with Gasteiger partial charge in [-0.3, -0.25) is 9.59 Å². The van der Waals surface area contributed by atoms with E-state index in [0.717, 1.165) is 27.8 Å². The Morgan fingerprint density at radius 2 is 2.13 bits per heavy atom. The number of methoxy groups -OCH3 is 1. The van der Waals surface area contributed by atoms with E-state index in [1.54, 1.807) is 14.0 Å². The van der Waals surface area contributed by atoms with E-state index in [9.17, 15) is 9.59 Å². The zero-order valence-corrected chi connectivity index (χ0v) is 14.0. The lowest BCUT2D eigenvalue weighted by Crippen LogP contribution is -2.07. The van der Waals surface area contributed by atoms with E-state index >= 15 is 0 Å². The minimum atomic E-state index is -0.335. The largest absolute Gasteiger partial charge is 0.493 e. The molecule has 5 nitrogen and oxygen atoms in total. The first-order chi connectivity index (χ1) is 11.1. The van der Waals surface area contributed by atoms with Crippen molar-refractivity contribution in [1.29, 1.82) is 0 Å². The van der Waals surface area contributed by atoms with Crippen molar-refractivity contribution in [2.24, 2.45) is 0 Å². The number of hydrogen-bond donors (Lipinski definition) is 0. The first kappa shape index (κ1) is 15.8. The van der Waals surface area contributed by atoms with Crippen LogP contribution in [-0.2, 0) is 16.0 Å². The molecule has 0 saturated heterocycles. The first-order valence-corrected chi connectivity index (χ1v) is 8.40. The van der Waals surface area contributed by atoms with E-state index in [-0.39, 0.29) is 24.6 Å². The molecule has 0 spiro atoms. The lowest BCUT2D eigenvalue weighted by molar-refractivity contribution is -0.143. The summed E-state index contributed by atoms with van der Waals surface area (Å²) < 4.78 is 16.9. The molecule has 0 saturated carbocycles. The van der Waals surface area contributed by atoms with Gasteiger partial charge in [0, 0.05) is 34.6 Å². The van der Waals surface area contributed by atoms with Crippen LogP contribution in [0.2, 0.25) is 0 Å². The lowest BCUT2D eigenvalue weighted by atomic mass is 10.1. The fourth-order valence-corrected chi connectivity index (χ4v) is 3.81. The third kappa shape index (κ3) is 3.03. The second-order valence-corrected chi connectivity index (χ2v) is 6.32. The van der Waals surface area contributed by atoms with Gasteiger partial charge >= 0.3 is 5.97 Å². The fourth-order valence-electron chi connectivity index (χ4n) is 2.73. The van der Waals surface area contributed by atoms with Gasteiger partial charge in [0.2, 0.25) is 0 Å². The Kier molecular flexibility index (Phi) is 4.52. The number of esters is 1. The lowest BCUT2D eigenvalue weighted by Gasteiger charge is -2.07. The number of carbonyl (C=O) groups is 2. The predicted octanol–water partition coefficient (Wildman–Crippen LogP) is 3.37. The summed E-state index contributed by atoms with van der Waals surface area (Å²) in [7, 11) is 1.61. The van der Waals surface area contributed by atoms with E-state index in [4.69, 9.17) is 14.2 Å². The second-order valence-electron chi connectivity index (χ2n) is 5.24. The van der Waals surface area contributed by atoms with Crippen molar-refractivity contribution in [3.63, 3.8) is 0 Å². The summed E-state index contributed by atoms with van der Waals surface area (Å²) in [5.41, 5.74) is 1.10. The maximum absolute atomic E-state index is 12.3. The highest BCUT2D eigenvalue weighted by atomic mass is 32.1. The smallest absolute Gasteiger partial charge is 0.306 e. The quantitative estimate of drug-likeness (QED) is 0.599. The number of hydrogen-bond acceptors (Lipinski definition) is 6. The van der Waals surface area contributed by atoms with Crippen LogP contribution in [0.4, 0.5) is 0 Å². The van der Waals surface area contributed by atoms with Gasteiger partial charge in [0.25, 0.3) is 0 Å². The molecule has 6 heteroatoms. The van der Waals surface area contributed by atoms with Gasteiger partial charge in [-0.1, -0.05) is 0 Å². The molecule has 0 unspecified atom stereocenters. The van der Waals surface area contributed by atoms with Gasteiger partial charge in [-0.15, -0.1) is 11.3 Å². The molecule has 23 heavy (non-hydrogen) atoms. The monoisotopic (exact) mass is 334 g/mol. The summed E-state index contributed by atoms with van der Waals surface area (Å²) in [6.07, 6.45) is 1.10. The highest BCUT2D eigenvalue weighted by molar-refractivity contribution is 7.20. The van der Waals surface area contributed by atoms with Gasteiger partial charge in [0.15, 0.2) is 17.3 Å². The summed E-state index contributed by atoms with van der Waals surface area (Å²) in [5.74, 6) is 1.12. The van der Waals surface area contributed by atoms with Gasteiger partial charge < -0.3 is 14.2 Å². The molecule has 0 fully saturated rings. The Morgan fingerprint density at radius 1 is 1.30 bits per heavy atom. The molecule has 0 aliphatic carbocycles. The number of ether oxygens (including phenoxy) is 3. The molecule has 3 rings (SSSR count). The number of fused-ring (bicyclic) bond motifs is 3. The SMILES string of the molecule is CCOC(=O)CCC(=O)c1cc2c3c(c(OC)cc2s1)OCC3. The number of rotatable bonds is 6. The topological polar surface area (TPSA) is 61.8 Å². The Hall–Kier alpha value is -2.08. The van der Waals surface area contributed by atoms with Crippen LogP contribution in [0.1, 0.15) is 35.0 Å². The van der Waals surface area contributed by atoms with Gasteiger partial charge in [0.1, 0.15) is 0 Å². The van der Waals surface area contributed by atoms with Gasteiger partial charge in [-0.05, 0) is 13.0 Å². The Bertz CT molecular complexity index is 762. The predicted molar refractivity (Wildman–Crippen MR) is 87.8 cm³/mol. The normalized spacial score (nSPS) is 12.8. The summed E-state index contributed by atoms with van der Waals surface area (Å²) >= 11 is 1.43. The van der Waals surface area contributed by atoms with Crippen molar-refractivity contribution in [2.75, 3.05) is 20.3 Å². The van der Waals surface area contributed by atoms with E-state index < -0.39 is 0 Å². The molecule has 1 aliphatic rings. The second kappa shape index (κ2) is 6.58. The zero-order chi connectivity index (χ0) is 16.4. The van der Waals surface area contributed by atoms with E-state index in [0.29, 0.717) is 23.8 Å². The third-order valence-electron chi connectivity index (χ3n) is 3.80.